The summed E-state index contributed by atoms with van der Waals surface area (Å²) in [7, 11) is 1.28. The first-order valence-corrected chi connectivity index (χ1v) is 9.54. The van der Waals surface area contributed by atoms with Gasteiger partial charge in [0, 0.05) is 5.56 Å². The highest BCUT2D eigenvalue weighted by Crippen LogP contribution is 2.33. The van der Waals surface area contributed by atoms with Crippen molar-refractivity contribution in [2.75, 3.05) is 7.11 Å². The van der Waals surface area contributed by atoms with Crippen molar-refractivity contribution in [2.24, 2.45) is 0 Å². The van der Waals surface area contributed by atoms with Gasteiger partial charge in [0.15, 0.2) is 11.9 Å². The van der Waals surface area contributed by atoms with E-state index < -0.39 is 12.1 Å². The third-order valence-corrected chi connectivity index (χ3v) is 4.85. The molecule has 0 saturated carbocycles. The zero-order valence-corrected chi connectivity index (χ0v) is 17.7. The minimum absolute atomic E-state index is 0.000985. The number of carbonyl (C=O) groups excluding carboxylic acids is 1. The van der Waals surface area contributed by atoms with Gasteiger partial charge in [0.25, 0.3) is 0 Å². The molecule has 0 aliphatic heterocycles. The van der Waals surface area contributed by atoms with Gasteiger partial charge in [-0.25, -0.2) is 4.79 Å². The Morgan fingerprint density at radius 3 is 2.31 bits per heavy atom. The van der Waals surface area contributed by atoms with Gasteiger partial charge < -0.3 is 13.9 Å². The second-order valence-corrected chi connectivity index (χ2v) is 8.20. The van der Waals surface area contributed by atoms with Gasteiger partial charge in [-0.1, -0.05) is 56.7 Å². The molecule has 1 unspecified atom stereocenters. The molecule has 5 heteroatoms. The lowest BCUT2D eigenvalue weighted by Gasteiger charge is -2.19. The normalized spacial score (nSPS) is 12.6. The van der Waals surface area contributed by atoms with Crippen LogP contribution in [0.3, 0.4) is 0 Å². The highest BCUT2D eigenvalue weighted by Gasteiger charge is 2.24. The van der Waals surface area contributed by atoms with Crippen molar-refractivity contribution in [3.63, 3.8) is 0 Å². The van der Waals surface area contributed by atoms with Crippen LogP contribution in [0.1, 0.15) is 38.8 Å². The van der Waals surface area contributed by atoms with Gasteiger partial charge in [0.2, 0.25) is 11.2 Å². The third-order valence-electron chi connectivity index (χ3n) is 4.85. The van der Waals surface area contributed by atoms with Crippen molar-refractivity contribution in [3.8, 4) is 17.1 Å². The molecule has 3 aromatic rings. The van der Waals surface area contributed by atoms with Crippen LogP contribution in [-0.4, -0.2) is 19.2 Å². The molecule has 0 spiro atoms. The molecule has 0 aliphatic carbocycles. The molecule has 29 heavy (non-hydrogen) atoms. The first-order chi connectivity index (χ1) is 13.6. The summed E-state index contributed by atoms with van der Waals surface area (Å²) in [5.41, 5.74) is 2.93. The number of esters is 1. The van der Waals surface area contributed by atoms with E-state index in [1.165, 1.54) is 14.0 Å². The lowest BCUT2D eigenvalue weighted by molar-refractivity contribution is -0.147. The van der Waals surface area contributed by atoms with Crippen LogP contribution in [0.5, 0.6) is 5.75 Å². The molecular weight excluding hydrogens is 368 g/mol. The fourth-order valence-corrected chi connectivity index (χ4v) is 3.10. The Morgan fingerprint density at radius 2 is 1.72 bits per heavy atom. The average Bonchev–Trinajstić information content (AvgIpc) is 2.69. The molecule has 0 radical (unpaired) electrons. The Kier molecular flexibility index (Phi) is 5.51. The summed E-state index contributed by atoms with van der Waals surface area (Å²) in [4.78, 5) is 25.1. The topological polar surface area (TPSA) is 65.7 Å². The summed E-state index contributed by atoms with van der Waals surface area (Å²) >= 11 is 0. The van der Waals surface area contributed by atoms with Crippen LogP contribution >= 0.6 is 0 Å². The third kappa shape index (κ3) is 4.19. The van der Waals surface area contributed by atoms with Gasteiger partial charge in [-0.15, -0.1) is 0 Å². The quantitative estimate of drug-likeness (QED) is 0.582. The summed E-state index contributed by atoms with van der Waals surface area (Å²) in [6.45, 7) is 9.83. The van der Waals surface area contributed by atoms with Crippen molar-refractivity contribution < 1.29 is 18.7 Å². The van der Waals surface area contributed by atoms with Crippen molar-refractivity contribution in [2.45, 2.75) is 46.1 Å². The van der Waals surface area contributed by atoms with Crippen LogP contribution < -0.4 is 10.2 Å². The fraction of sp³-hybridized carbons (Fsp3) is 0.333. The molecule has 5 nitrogen and oxygen atoms in total. The van der Waals surface area contributed by atoms with E-state index in [4.69, 9.17) is 13.9 Å². The number of hydrogen-bond donors (Lipinski definition) is 0. The second-order valence-electron chi connectivity index (χ2n) is 8.20. The molecule has 1 heterocycles. The van der Waals surface area contributed by atoms with Crippen LogP contribution in [0, 0.1) is 6.92 Å². The molecule has 0 aliphatic rings. The Morgan fingerprint density at radius 1 is 1.07 bits per heavy atom. The van der Waals surface area contributed by atoms with E-state index in [0.717, 1.165) is 11.1 Å². The Balaban J connectivity index is 2.21. The number of ether oxygens (including phenoxy) is 2. The lowest BCUT2D eigenvalue weighted by atomic mass is 9.86. The van der Waals surface area contributed by atoms with E-state index in [2.05, 4.69) is 20.8 Å². The number of rotatable bonds is 4. The molecule has 3 rings (SSSR count). The number of methoxy groups -OCH3 is 1. The Hall–Kier alpha value is -3.08. The van der Waals surface area contributed by atoms with E-state index in [1.807, 2.05) is 37.3 Å². The molecule has 1 aromatic heterocycles. The number of aryl methyl sites for hydroxylation is 1. The molecule has 2 aromatic carbocycles. The molecule has 0 fully saturated rings. The molecule has 0 amide bonds. The van der Waals surface area contributed by atoms with Gasteiger partial charge in [-0.2, -0.15) is 0 Å². The van der Waals surface area contributed by atoms with Crippen LogP contribution in [-0.2, 0) is 14.9 Å². The van der Waals surface area contributed by atoms with Gasteiger partial charge in [-0.05, 0) is 37.0 Å². The number of hydrogen-bond acceptors (Lipinski definition) is 5. The highest BCUT2D eigenvalue weighted by atomic mass is 16.6. The molecule has 0 saturated heterocycles. The van der Waals surface area contributed by atoms with Crippen LogP contribution in [0.25, 0.3) is 22.3 Å². The summed E-state index contributed by atoms with van der Waals surface area (Å²) in [6.07, 6.45) is -0.947. The van der Waals surface area contributed by atoms with E-state index in [1.54, 1.807) is 12.1 Å². The first-order valence-electron chi connectivity index (χ1n) is 9.54. The van der Waals surface area contributed by atoms with E-state index in [0.29, 0.717) is 22.3 Å². The molecule has 1 atom stereocenters. The van der Waals surface area contributed by atoms with Gasteiger partial charge in [0.1, 0.15) is 5.58 Å². The highest BCUT2D eigenvalue weighted by molar-refractivity contribution is 5.83. The Labute approximate surface area is 170 Å². The summed E-state index contributed by atoms with van der Waals surface area (Å²) in [6, 6.07) is 13.2. The summed E-state index contributed by atoms with van der Waals surface area (Å²) in [5.74, 6) is -0.269. The fourth-order valence-electron chi connectivity index (χ4n) is 3.10. The SMILES string of the molecule is COC(=O)C(C)Oc1c(-c2ccc(C(C)(C)C)cc2)oc2ccc(C)cc2c1=O. The average molecular weight is 394 g/mol. The van der Waals surface area contributed by atoms with Crippen molar-refractivity contribution >= 4 is 16.9 Å². The van der Waals surface area contributed by atoms with E-state index in [9.17, 15) is 9.59 Å². The smallest absolute Gasteiger partial charge is 0.346 e. The molecule has 152 valence electrons. The van der Waals surface area contributed by atoms with E-state index >= 15 is 0 Å². The first kappa shape index (κ1) is 20.6. The second kappa shape index (κ2) is 7.74. The predicted molar refractivity (Wildman–Crippen MR) is 113 cm³/mol. The maximum Gasteiger partial charge on any atom is 0.346 e. The maximum absolute atomic E-state index is 13.2. The monoisotopic (exact) mass is 394 g/mol. The zero-order chi connectivity index (χ0) is 21.3. The molecular formula is C24H26O5. The number of carbonyl (C=O) groups is 1. The van der Waals surface area contributed by atoms with Crippen molar-refractivity contribution in [1.29, 1.82) is 0 Å². The number of fused-ring (bicyclic) bond motifs is 1. The summed E-state index contributed by atoms with van der Waals surface area (Å²) in [5, 5.41) is 0.409. The van der Waals surface area contributed by atoms with Crippen LogP contribution in [0.4, 0.5) is 0 Å². The minimum Gasteiger partial charge on any atom is -0.471 e. The number of benzene rings is 2. The zero-order valence-electron chi connectivity index (χ0n) is 17.7. The van der Waals surface area contributed by atoms with E-state index in [-0.39, 0.29) is 16.6 Å². The van der Waals surface area contributed by atoms with Crippen molar-refractivity contribution in [1.82, 2.24) is 0 Å². The summed E-state index contributed by atoms with van der Waals surface area (Å²) < 4.78 is 16.6. The van der Waals surface area contributed by atoms with Crippen LogP contribution in [0.15, 0.2) is 51.7 Å². The molecule has 0 bridgehead atoms. The Bertz CT molecular complexity index is 1100. The minimum atomic E-state index is -0.947. The van der Waals surface area contributed by atoms with Crippen LogP contribution in [0.2, 0.25) is 0 Å². The predicted octanol–water partition coefficient (Wildman–Crippen LogP) is 5.01. The standard InChI is InChI=1S/C24H26O5/c1-14-7-12-19-18(13-14)20(25)22(28-15(2)23(26)27-6)21(29-19)16-8-10-17(11-9-16)24(3,4)5/h7-13,15H,1-6H3. The van der Waals surface area contributed by atoms with Crippen molar-refractivity contribution in [3.05, 3.63) is 63.8 Å². The van der Waals surface area contributed by atoms with Gasteiger partial charge in [-0.3, -0.25) is 4.79 Å². The van der Waals surface area contributed by atoms with Gasteiger partial charge in [0.05, 0.1) is 12.5 Å². The van der Waals surface area contributed by atoms with Gasteiger partial charge >= 0.3 is 5.97 Å². The largest absolute Gasteiger partial charge is 0.471 e. The maximum atomic E-state index is 13.2. The molecule has 0 N–H and O–H groups in total. The lowest BCUT2D eigenvalue weighted by Crippen LogP contribution is -2.27.